The lowest BCUT2D eigenvalue weighted by atomic mass is 9.75. The third-order valence-corrected chi connectivity index (χ3v) is 7.32. The molecule has 5 rings (SSSR count). The Kier molecular flexibility index (Phi) is 6.82. The van der Waals surface area contributed by atoms with E-state index in [1.54, 1.807) is 41.4 Å². The van der Waals surface area contributed by atoms with Gasteiger partial charge >= 0.3 is 6.03 Å². The second kappa shape index (κ2) is 10.2. The topological polar surface area (TPSA) is 91.8 Å². The van der Waals surface area contributed by atoms with Crippen LogP contribution in [-0.4, -0.2) is 65.0 Å². The molecular weight excluding hydrogens is 463 g/mol. The number of carbonyl (C=O) groups is 3. The number of rotatable bonds is 6. The van der Waals surface area contributed by atoms with E-state index in [2.05, 4.69) is 10.3 Å². The molecule has 3 fully saturated rings. The van der Waals surface area contributed by atoms with Crippen molar-refractivity contribution in [2.75, 3.05) is 26.2 Å². The number of nitrogens with one attached hydrogen (secondary N) is 1. The number of benzene rings is 1. The first kappa shape index (κ1) is 24.1. The molecule has 1 N–H and O–H groups in total. The molecule has 0 unspecified atom stereocenters. The fourth-order valence-electron chi connectivity index (χ4n) is 5.39. The summed E-state index contributed by atoms with van der Waals surface area (Å²) in [4.78, 5) is 47.1. The first-order valence-electron chi connectivity index (χ1n) is 12.4. The highest BCUT2D eigenvalue weighted by atomic mass is 19.1. The number of hydrogen-bond acceptors (Lipinski definition) is 5. The van der Waals surface area contributed by atoms with Gasteiger partial charge < -0.3 is 15.0 Å². The lowest BCUT2D eigenvalue weighted by Gasteiger charge is -2.40. The molecule has 2 atom stereocenters. The summed E-state index contributed by atoms with van der Waals surface area (Å²) in [5.74, 6) is -0.997. The molecule has 2 aromatic rings. The van der Waals surface area contributed by atoms with E-state index in [0.717, 1.165) is 18.4 Å². The lowest BCUT2D eigenvalue weighted by Crippen LogP contribution is -2.54. The minimum absolute atomic E-state index is 0.147. The van der Waals surface area contributed by atoms with E-state index in [1.807, 2.05) is 6.07 Å². The molecule has 0 saturated carbocycles. The highest BCUT2D eigenvalue weighted by molar-refractivity contribution is 6.07. The zero-order valence-electron chi connectivity index (χ0n) is 19.9. The molecule has 1 aromatic carbocycles. The molecular formula is C27H29FN4O4. The number of imide groups is 1. The number of pyridine rings is 1. The van der Waals surface area contributed by atoms with Gasteiger partial charge in [-0.05, 0) is 61.6 Å². The van der Waals surface area contributed by atoms with Crippen LogP contribution in [0.2, 0.25) is 0 Å². The van der Waals surface area contributed by atoms with Crippen LogP contribution in [0.5, 0.6) is 0 Å². The first-order valence-corrected chi connectivity index (χ1v) is 12.4. The van der Waals surface area contributed by atoms with Crippen LogP contribution in [0.1, 0.15) is 36.9 Å². The van der Waals surface area contributed by atoms with Crippen LogP contribution in [-0.2, 0) is 19.9 Å². The standard InChI is InChI=1S/C27H29FN4O4/c28-21-9-6-19(7-10-21)8-11-24(33)31-15-12-20(13-16-31)27(23-5-1-2-14-29-23)25(34)32(26(35)30-27)18-22-4-3-17-36-22/h1-2,5-11,14,20,22H,3-4,12-13,15-18H2,(H,30,35)/b11-8+/t22-,27+/m1/s1. The second-order valence-corrected chi connectivity index (χ2v) is 9.49. The van der Waals surface area contributed by atoms with Crippen LogP contribution in [0.25, 0.3) is 6.08 Å². The molecule has 0 spiro atoms. The van der Waals surface area contributed by atoms with E-state index >= 15 is 0 Å². The Morgan fingerprint density at radius 1 is 1.14 bits per heavy atom. The molecule has 8 nitrogen and oxygen atoms in total. The number of urea groups is 1. The highest BCUT2D eigenvalue weighted by Crippen LogP contribution is 2.41. The van der Waals surface area contributed by atoms with Gasteiger partial charge in [0, 0.05) is 37.9 Å². The van der Waals surface area contributed by atoms with Gasteiger partial charge in [-0.1, -0.05) is 18.2 Å². The number of hydrogen-bond donors (Lipinski definition) is 1. The fraction of sp³-hybridized carbons (Fsp3) is 0.407. The minimum atomic E-state index is -1.27. The van der Waals surface area contributed by atoms with Crippen molar-refractivity contribution in [1.29, 1.82) is 0 Å². The molecule has 3 aliphatic rings. The van der Waals surface area contributed by atoms with Gasteiger partial charge in [0.25, 0.3) is 5.91 Å². The molecule has 36 heavy (non-hydrogen) atoms. The Balaban J connectivity index is 1.31. The third-order valence-electron chi connectivity index (χ3n) is 7.32. The van der Waals surface area contributed by atoms with Crippen LogP contribution in [0.4, 0.5) is 9.18 Å². The zero-order valence-corrected chi connectivity index (χ0v) is 19.9. The maximum absolute atomic E-state index is 13.9. The number of carbonyl (C=O) groups excluding carboxylic acids is 3. The average Bonchev–Trinajstić information content (AvgIpc) is 3.51. The molecule has 0 radical (unpaired) electrons. The summed E-state index contributed by atoms with van der Waals surface area (Å²) in [6, 6.07) is 10.8. The summed E-state index contributed by atoms with van der Waals surface area (Å²) in [5, 5.41) is 2.99. The third kappa shape index (κ3) is 4.63. The van der Waals surface area contributed by atoms with Crippen molar-refractivity contribution in [2.24, 2.45) is 5.92 Å². The number of nitrogens with zero attached hydrogens (tertiary/aromatic N) is 3. The van der Waals surface area contributed by atoms with E-state index in [-0.39, 0.29) is 36.2 Å². The Labute approximate surface area is 209 Å². The number of aromatic nitrogens is 1. The normalized spacial score (nSPS) is 25.1. The van der Waals surface area contributed by atoms with Crippen LogP contribution in [0.3, 0.4) is 0 Å². The van der Waals surface area contributed by atoms with Gasteiger partial charge in [0.05, 0.1) is 18.3 Å². The Morgan fingerprint density at radius 3 is 2.58 bits per heavy atom. The van der Waals surface area contributed by atoms with Crippen LogP contribution in [0.15, 0.2) is 54.7 Å². The van der Waals surface area contributed by atoms with Crippen molar-refractivity contribution in [3.8, 4) is 0 Å². The number of likely N-dealkylation sites (tertiary alicyclic amines) is 1. The summed E-state index contributed by atoms with van der Waals surface area (Å²) in [6.07, 6.45) is 7.42. The van der Waals surface area contributed by atoms with Gasteiger partial charge in [-0.25, -0.2) is 9.18 Å². The quantitative estimate of drug-likeness (QED) is 0.494. The van der Waals surface area contributed by atoms with E-state index in [0.29, 0.717) is 38.2 Å². The van der Waals surface area contributed by atoms with Crippen molar-refractivity contribution in [3.05, 3.63) is 71.8 Å². The summed E-state index contributed by atoms with van der Waals surface area (Å²) < 4.78 is 18.8. The molecule has 3 aliphatic heterocycles. The molecule has 9 heteroatoms. The monoisotopic (exact) mass is 492 g/mol. The first-order chi connectivity index (χ1) is 17.5. The van der Waals surface area contributed by atoms with E-state index < -0.39 is 11.6 Å². The largest absolute Gasteiger partial charge is 0.376 e. The summed E-state index contributed by atoms with van der Waals surface area (Å²) in [7, 11) is 0. The van der Waals surface area contributed by atoms with Crippen molar-refractivity contribution in [3.63, 3.8) is 0 Å². The van der Waals surface area contributed by atoms with E-state index in [1.165, 1.54) is 23.1 Å². The number of ether oxygens (including phenoxy) is 1. The smallest absolute Gasteiger partial charge is 0.325 e. The summed E-state index contributed by atoms with van der Waals surface area (Å²) >= 11 is 0. The maximum atomic E-state index is 13.9. The van der Waals surface area contributed by atoms with Gasteiger partial charge in [0.1, 0.15) is 5.82 Å². The summed E-state index contributed by atoms with van der Waals surface area (Å²) in [6.45, 7) is 1.76. The Morgan fingerprint density at radius 2 is 1.92 bits per heavy atom. The van der Waals surface area contributed by atoms with Crippen molar-refractivity contribution < 1.29 is 23.5 Å². The maximum Gasteiger partial charge on any atom is 0.325 e. The molecule has 1 aromatic heterocycles. The zero-order chi connectivity index (χ0) is 25.1. The van der Waals surface area contributed by atoms with Crippen molar-refractivity contribution in [1.82, 2.24) is 20.1 Å². The van der Waals surface area contributed by atoms with Crippen LogP contribution in [0, 0.1) is 11.7 Å². The molecule has 4 amide bonds. The Hall–Kier alpha value is -3.59. The Bertz CT molecular complexity index is 1140. The SMILES string of the molecule is O=C(/C=C/c1ccc(F)cc1)N1CCC([C@@]2(c3ccccn3)NC(=O)N(C[C@H]3CCCO3)C2=O)CC1. The van der Waals surface area contributed by atoms with E-state index in [4.69, 9.17) is 4.74 Å². The van der Waals surface area contributed by atoms with Gasteiger partial charge in [-0.2, -0.15) is 0 Å². The number of amides is 4. The average molecular weight is 493 g/mol. The second-order valence-electron chi connectivity index (χ2n) is 9.49. The van der Waals surface area contributed by atoms with E-state index in [9.17, 15) is 18.8 Å². The molecule has 3 saturated heterocycles. The van der Waals surface area contributed by atoms with Crippen LogP contribution < -0.4 is 5.32 Å². The predicted molar refractivity (Wildman–Crippen MR) is 130 cm³/mol. The number of piperidine rings is 1. The van der Waals surface area contributed by atoms with Gasteiger partial charge in [0.2, 0.25) is 5.91 Å². The molecule has 0 aliphatic carbocycles. The van der Waals surface area contributed by atoms with Crippen molar-refractivity contribution in [2.45, 2.75) is 37.3 Å². The lowest BCUT2D eigenvalue weighted by molar-refractivity contribution is -0.136. The van der Waals surface area contributed by atoms with Gasteiger partial charge in [-0.15, -0.1) is 0 Å². The molecule has 4 heterocycles. The van der Waals surface area contributed by atoms with Gasteiger partial charge in [-0.3, -0.25) is 19.5 Å². The molecule has 0 bridgehead atoms. The van der Waals surface area contributed by atoms with Gasteiger partial charge in [0.15, 0.2) is 5.54 Å². The van der Waals surface area contributed by atoms with Crippen LogP contribution >= 0.6 is 0 Å². The number of halogens is 1. The molecule has 188 valence electrons. The fourth-order valence-corrected chi connectivity index (χ4v) is 5.39. The highest BCUT2D eigenvalue weighted by Gasteiger charge is 2.58. The van der Waals surface area contributed by atoms with Crippen molar-refractivity contribution >= 4 is 23.9 Å². The predicted octanol–water partition coefficient (Wildman–Crippen LogP) is 3.10. The minimum Gasteiger partial charge on any atom is -0.376 e. The summed E-state index contributed by atoms with van der Waals surface area (Å²) in [5.41, 5.74) is -0.0192.